The van der Waals surface area contributed by atoms with Crippen LogP contribution in [0.25, 0.3) is 0 Å². The first-order valence-corrected chi connectivity index (χ1v) is 12.5. The Labute approximate surface area is 208 Å². The van der Waals surface area contributed by atoms with E-state index in [4.69, 9.17) is 9.47 Å². The Morgan fingerprint density at radius 3 is 2.57 bits per heavy atom. The van der Waals surface area contributed by atoms with E-state index in [1.54, 1.807) is 0 Å². The number of ether oxygens (including phenoxy) is 2. The molecule has 2 aromatic carbocycles. The molecule has 0 amide bonds. The van der Waals surface area contributed by atoms with E-state index in [2.05, 4.69) is 22.3 Å². The number of methoxy groups -OCH3 is 1. The van der Waals surface area contributed by atoms with Crippen molar-refractivity contribution in [2.24, 2.45) is 5.92 Å². The maximum atomic E-state index is 13.7. The maximum Gasteiger partial charge on any atom is 0.336 e. The predicted molar refractivity (Wildman–Crippen MR) is 136 cm³/mol. The van der Waals surface area contributed by atoms with Gasteiger partial charge in [0, 0.05) is 30.7 Å². The molecule has 1 N–H and O–H groups in total. The van der Waals surface area contributed by atoms with Crippen LogP contribution in [0.4, 0.5) is 0 Å². The van der Waals surface area contributed by atoms with E-state index in [0.717, 1.165) is 42.8 Å². The van der Waals surface area contributed by atoms with E-state index in [1.165, 1.54) is 12.7 Å². The van der Waals surface area contributed by atoms with Gasteiger partial charge in [0.15, 0.2) is 0 Å². The Morgan fingerprint density at radius 1 is 1.09 bits per heavy atom. The number of nitrogens with zero attached hydrogens (tertiary/aromatic N) is 1. The number of aryl methyl sites for hydroxylation is 1. The fraction of sp³-hybridized carbons (Fsp3) is 0.448. The lowest BCUT2D eigenvalue weighted by molar-refractivity contribution is -0.149. The highest BCUT2D eigenvalue weighted by molar-refractivity contribution is 5.93. The van der Waals surface area contributed by atoms with Crippen LogP contribution < -0.4 is 5.32 Å². The number of hydrogen-bond donors (Lipinski definition) is 1. The summed E-state index contributed by atoms with van der Waals surface area (Å²) in [5.74, 6) is -1.65. The van der Waals surface area contributed by atoms with Gasteiger partial charge in [0.2, 0.25) is 0 Å². The number of likely N-dealkylation sites (tertiary alicyclic amines) is 1. The number of carbonyl (C=O) groups is 2. The van der Waals surface area contributed by atoms with Crippen LogP contribution in [0.2, 0.25) is 0 Å². The van der Waals surface area contributed by atoms with Crippen molar-refractivity contribution >= 4 is 11.9 Å². The number of carbonyl (C=O) groups excluding carboxylic acids is 2. The summed E-state index contributed by atoms with van der Waals surface area (Å²) in [4.78, 5) is 28.9. The summed E-state index contributed by atoms with van der Waals surface area (Å²) in [5.41, 5.74) is 4.53. The van der Waals surface area contributed by atoms with E-state index < -0.39 is 11.8 Å². The van der Waals surface area contributed by atoms with Crippen LogP contribution in [-0.4, -0.2) is 49.2 Å². The fourth-order valence-corrected chi connectivity index (χ4v) is 5.51. The minimum absolute atomic E-state index is 0.180. The molecule has 0 saturated carbocycles. The van der Waals surface area contributed by atoms with Crippen molar-refractivity contribution in [1.82, 2.24) is 10.2 Å². The summed E-state index contributed by atoms with van der Waals surface area (Å²) < 4.78 is 11.3. The van der Waals surface area contributed by atoms with Gasteiger partial charge in [-0.25, -0.2) is 4.79 Å². The van der Waals surface area contributed by atoms with Gasteiger partial charge in [-0.15, -0.1) is 0 Å². The van der Waals surface area contributed by atoms with Gasteiger partial charge in [0.25, 0.3) is 0 Å². The molecule has 1 fully saturated rings. The number of allylic oxidation sites excluding steroid dienone is 1. The zero-order valence-electron chi connectivity index (χ0n) is 21.1. The first-order chi connectivity index (χ1) is 16.9. The summed E-state index contributed by atoms with van der Waals surface area (Å²) in [6.45, 7) is 8.39. The number of hydrogen-bond acceptors (Lipinski definition) is 6. The average Bonchev–Trinajstić information content (AvgIpc) is 2.84. The second-order valence-electron chi connectivity index (χ2n) is 9.80. The third kappa shape index (κ3) is 5.76. The largest absolute Gasteiger partial charge is 0.469 e. The van der Waals surface area contributed by atoms with Crippen molar-refractivity contribution in [3.05, 3.63) is 82.6 Å². The van der Waals surface area contributed by atoms with Gasteiger partial charge in [0.1, 0.15) is 6.10 Å². The molecule has 4 rings (SSSR count). The molecule has 1 saturated heterocycles. The summed E-state index contributed by atoms with van der Waals surface area (Å²) in [7, 11) is 1.40. The zero-order chi connectivity index (χ0) is 24.9. The van der Waals surface area contributed by atoms with Crippen LogP contribution in [0, 0.1) is 12.8 Å². The number of nitrogens with one attached hydrogen (secondary N) is 1. The highest BCUT2D eigenvalue weighted by atomic mass is 16.5. The Morgan fingerprint density at radius 2 is 1.86 bits per heavy atom. The molecule has 0 radical (unpaired) electrons. The van der Waals surface area contributed by atoms with Gasteiger partial charge in [-0.3, -0.25) is 9.69 Å². The van der Waals surface area contributed by atoms with Crippen molar-refractivity contribution in [3.63, 3.8) is 0 Å². The molecular formula is C29H36N2O4. The molecular weight excluding hydrogens is 440 g/mol. The molecule has 0 aromatic heterocycles. The van der Waals surface area contributed by atoms with Gasteiger partial charge in [-0.2, -0.15) is 0 Å². The Balaban J connectivity index is 1.57. The molecule has 2 heterocycles. The van der Waals surface area contributed by atoms with Crippen molar-refractivity contribution in [2.45, 2.75) is 58.2 Å². The number of esters is 2. The van der Waals surface area contributed by atoms with Gasteiger partial charge < -0.3 is 14.8 Å². The topological polar surface area (TPSA) is 67.9 Å². The first kappa shape index (κ1) is 25.0. The monoisotopic (exact) mass is 476 g/mol. The van der Waals surface area contributed by atoms with E-state index in [1.807, 2.05) is 63.2 Å². The Kier molecular flexibility index (Phi) is 7.91. The van der Waals surface area contributed by atoms with Crippen molar-refractivity contribution in [3.8, 4) is 0 Å². The Hall–Kier alpha value is -3.12. The molecule has 4 atom stereocenters. The third-order valence-electron chi connectivity index (χ3n) is 7.14. The van der Waals surface area contributed by atoms with Crippen molar-refractivity contribution < 1.29 is 19.1 Å². The normalized spacial score (nSPS) is 25.0. The maximum absolute atomic E-state index is 13.7. The van der Waals surface area contributed by atoms with Crippen LogP contribution in [0.5, 0.6) is 0 Å². The highest BCUT2D eigenvalue weighted by Gasteiger charge is 2.44. The second-order valence-corrected chi connectivity index (χ2v) is 9.80. The number of piperidine rings is 1. The minimum atomic E-state index is -0.533. The third-order valence-corrected chi connectivity index (χ3v) is 7.14. The fourth-order valence-electron chi connectivity index (χ4n) is 5.51. The summed E-state index contributed by atoms with van der Waals surface area (Å²) >= 11 is 0. The van der Waals surface area contributed by atoms with Crippen LogP contribution in [0.3, 0.4) is 0 Å². The van der Waals surface area contributed by atoms with Gasteiger partial charge in [-0.05, 0) is 51.3 Å². The zero-order valence-corrected chi connectivity index (χ0v) is 21.1. The second kappa shape index (κ2) is 11.1. The van der Waals surface area contributed by atoms with Crippen LogP contribution in [-0.2, 0) is 25.6 Å². The van der Waals surface area contributed by atoms with Crippen LogP contribution in [0.1, 0.15) is 49.3 Å². The molecule has 0 bridgehead atoms. The molecule has 3 unspecified atom stereocenters. The molecule has 186 valence electrons. The van der Waals surface area contributed by atoms with Crippen molar-refractivity contribution in [1.29, 1.82) is 0 Å². The molecule has 6 heteroatoms. The molecule has 0 aliphatic carbocycles. The van der Waals surface area contributed by atoms with Gasteiger partial charge >= 0.3 is 11.9 Å². The SMILES string of the molecule is COC(=O)C1C(C)NC(C)=C(C(=O)O[C@@H]2CCCN(Cc3ccccc3)C2)C1c1cccc(C)c1. The smallest absolute Gasteiger partial charge is 0.336 e. The molecule has 2 aromatic rings. The predicted octanol–water partition coefficient (Wildman–Crippen LogP) is 4.34. The summed E-state index contributed by atoms with van der Waals surface area (Å²) in [6.07, 6.45) is 1.63. The lowest BCUT2D eigenvalue weighted by atomic mass is 9.73. The highest BCUT2D eigenvalue weighted by Crippen LogP contribution is 2.40. The number of benzene rings is 2. The summed E-state index contributed by atoms with van der Waals surface area (Å²) in [5, 5.41) is 3.34. The molecule has 6 nitrogen and oxygen atoms in total. The Bertz CT molecular complexity index is 1080. The molecule has 2 aliphatic rings. The molecule has 2 aliphatic heterocycles. The lowest BCUT2D eigenvalue weighted by Gasteiger charge is -2.39. The lowest BCUT2D eigenvalue weighted by Crippen LogP contribution is -2.48. The average molecular weight is 477 g/mol. The van der Waals surface area contributed by atoms with Crippen LogP contribution in [0.15, 0.2) is 65.9 Å². The van der Waals surface area contributed by atoms with E-state index in [9.17, 15) is 9.59 Å². The quantitative estimate of drug-likeness (QED) is 0.626. The standard InChI is InChI=1S/C29H36N2O4/c1-19-10-8-13-23(16-19)27-25(28(32)34-4)20(2)30-21(3)26(27)29(33)35-24-14-9-15-31(18-24)17-22-11-6-5-7-12-22/h5-8,10-13,16,20,24-25,27,30H,9,14-15,17-18H2,1-4H3/t20?,24-,25?,27?/m1/s1. The molecule has 35 heavy (non-hydrogen) atoms. The van der Waals surface area contributed by atoms with E-state index in [-0.39, 0.29) is 24.1 Å². The van der Waals surface area contributed by atoms with Gasteiger partial charge in [0.05, 0.1) is 18.6 Å². The molecule has 0 spiro atoms. The van der Waals surface area contributed by atoms with E-state index in [0.29, 0.717) is 12.1 Å². The minimum Gasteiger partial charge on any atom is -0.469 e. The first-order valence-electron chi connectivity index (χ1n) is 12.5. The van der Waals surface area contributed by atoms with Crippen LogP contribution >= 0.6 is 0 Å². The van der Waals surface area contributed by atoms with Gasteiger partial charge in [-0.1, -0.05) is 60.2 Å². The van der Waals surface area contributed by atoms with E-state index >= 15 is 0 Å². The van der Waals surface area contributed by atoms with Crippen molar-refractivity contribution in [2.75, 3.05) is 20.2 Å². The number of rotatable bonds is 6. The summed E-state index contributed by atoms with van der Waals surface area (Å²) in [6, 6.07) is 18.2.